The maximum Gasteiger partial charge on any atom is 0.195 e. The molecule has 2 aromatic rings. The lowest BCUT2D eigenvalue weighted by molar-refractivity contribution is 0.571. The number of rotatable bonds is 5. The summed E-state index contributed by atoms with van der Waals surface area (Å²) in [5.41, 5.74) is 0.946. The van der Waals surface area contributed by atoms with E-state index < -0.39 is 0 Å². The second-order valence-corrected chi connectivity index (χ2v) is 5.30. The zero-order chi connectivity index (χ0) is 13.8. The van der Waals surface area contributed by atoms with Crippen LogP contribution in [0, 0.1) is 5.82 Å². The molecule has 1 unspecified atom stereocenters. The van der Waals surface area contributed by atoms with Crippen LogP contribution < -0.4 is 5.32 Å². The second-order valence-electron chi connectivity index (χ2n) is 4.30. The van der Waals surface area contributed by atoms with Crippen molar-refractivity contribution in [2.24, 2.45) is 7.05 Å². The van der Waals surface area contributed by atoms with Crippen LogP contribution in [0.1, 0.15) is 25.5 Å². The highest BCUT2D eigenvalue weighted by molar-refractivity contribution is 7.99. The lowest BCUT2D eigenvalue weighted by Gasteiger charge is -2.13. The van der Waals surface area contributed by atoms with Crippen LogP contribution in [0.2, 0.25) is 0 Å². The van der Waals surface area contributed by atoms with Crippen molar-refractivity contribution in [1.82, 2.24) is 20.1 Å². The van der Waals surface area contributed by atoms with Gasteiger partial charge in [0.1, 0.15) is 12.1 Å². The molecule has 0 aliphatic rings. The Labute approximate surface area is 116 Å². The first-order chi connectivity index (χ1) is 9.11. The van der Waals surface area contributed by atoms with E-state index in [1.165, 1.54) is 11.8 Å². The SMILES string of the molecule is CCNC(C)c1ccc(Sc2nncn2C)c(F)c1. The molecular formula is C13H17FN4S. The van der Waals surface area contributed by atoms with Crippen LogP contribution in [0.3, 0.4) is 0 Å². The molecule has 102 valence electrons. The Balaban J connectivity index is 2.18. The van der Waals surface area contributed by atoms with Gasteiger partial charge in [-0.3, -0.25) is 0 Å². The number of nitrogens with one attached hydrogen (secondary N) is 1. The van der Waals surface area contributed by atoms with E-state index in [9.17, 15) is 4.39 Å². The molecule has 0 aliphatic heterocycles. The molecule has 2 rings (SSSR count). The maximum absolute atomic E-state index is 14.1. The number of aryl methyl sites for hydroxylation is 1. The third kappa shape index (κ3) is 3.33. The largest absolute Gasteiger partial charge is 0.311 e. The molecule has 6 heteroatoms. The molecule has 0 bridgehead atoms. The molecule has 0 fully saturated rings. The summed E-state index contributed by atoms with van der Waals surface area (Å²) < 4.78 is 15.8. The van der Waals surface area contributed by atoms with Gasteiger partial charge in [0, 0.05) is 13.1 Å². The van der Waals surface area contributed by atoms with E-state index in [1.54, 1.807) is 23.0 Å². The molecule has 0 radical (unpaired) electrons. The minimum absolute atomic E-state index is 0.147. The van der Waals surface area contributed by atoms with Crippen molar-refractivity contribution >= 4 is 11.8 Å². The van der Waals surface area contributed by atoms with Gasteiger partial charge >= 0.3 is 0 Å². The zero-order valence-electron chi connectivity index (χ0n) is 11.2. The van der Waals surface area contributed by atoms with Crippen LogP contribution >= 0.6 is 11.8 Å². The van der Waals surface area contributed by atoms with Gasteiger partial charge in [0.05, 0.1) is 4.90 Å². The van der Waals surface area contributed by atoms with Gasteiger partial charge < -0.3 is 9.88 Å². The Bertz CT molecular complexity index is 555. The Kier molecular flexibility index (Phi) is 4.55. The third-order valence-electron chi connectivity index (χ3n) is 2.84. The standard InChI is InChI=1S/C13H17FN4S/c1-4-15-9(2)10-5-6-12(11(14)7-10)19-13-17-16-8-18(13)3/h5-9,15H,4H2,1-3H3. The minimum atomic E-state index is -0.227. The van der Waals surface area contributed by atoms with E-state index in [1.807, 2.05) is 27.0 Å². The van der Waals surface area contributed by atoms with Gasteiger partial charge in [0.25, 0.3) is 0 Å². The van der Waals surface area contributed by atoms with E-state index in [2.05, 4.69) is 15.5 Å². The molecular weight excluding hydrogens is 263 g/mol. The maximum atomic E-state index is 14.1. The molecule has 0 amide bonds. The second kappa shape index (κ2) is 6.16. The highest BCUT2D eigenvalue weighted by Crippen LogP contribution is 2.29. The van der Waals surface area contributed by atoms with Crippen molar-refractivity contribution < 1.29 is 4.39 Å². The first kappa shape index (κ1) is 14.0. The summed E-state index contributed by atoms with van der Waals surface area (Å²) in [6, 6.07) is 5.45. The number of halogens is 1. The number of hydrogen-bond acceptors (Lipinski definition) is 4. The number of hydrogen-bond donors (Lipinski definition) is 1. The summed E-state index contributed by atoms with van der Waals surface area (Å²) in [6.07, 6.45) is 1.60. The molecule has 1 aromatic heterocycles. The van der Waals surface area contributed by atoms with Gasteiger partial charge in [0.15, 0.2) is 5.16 Å². The minimum Gasteiger partial charge on any atom is -0.311 e. The first-order valence-corrected chi connectivity index (χ1v) is 6.98. The van der Waals surface area contributed by atoms with Crippen LogP contribution in [-0.2, 0) is 7.05 Å². The Morgan fingerprint density at radius 1 is 1.47 bits per heavy atom. The lowest BCUT2D eigenvalue weighted by atomic mass is 10.1. The van der Waals surface area contributed by atoms with E-state index in [4.69, 9.17) is 0 Å². The average molecular weight is 280 g/mol. The van der Waals surface area contributed by atoms with Crippen molar-refractivity contribution in [3.05, 3.63) is 35.9 Å². The summed E-state index contributed by atoms with van der Waals surface area (Å²) in [5, 5.41) is 11.6. The molecule has 4 nitrogen and oxygen atoms in total. The van der Waals surface area contributed by atoms with Crippen molar-refractivity contribution in [3.8, 4) is 0 Å². The monoisotopic (exact) mass is 280 g/mol. The predicted octanol–water partition coefficient (Wildman–Crippen LogP) is 2.78. The molecule has 1 N–H and O–H groups in total. The van der Waals surface area contributed by atoms with Crippen LogP contribution in [-0.4, -0.2) is 21.3 Å². The highest BCUT2D eigenvalue weighted by atomic mass is 32.2. The van der Waals surface area contributed by atoms with E-state index >= 15 is 0 Å². The third-order valence-corrected chi connectivity index (χ3v) is 3.94. The summed E-state index contributed by atoms with van der Waals surface area (Å²) in [6.45, 7) is 4.91. The molecule has 1 heterocycles. The topological polar surface area (TPSA) is 42.7 Å². The fourth-order valence-electron chi connectivity index (χ4n) is 1.76. The van der Waals surface area contributed by atoms with Crippen molar-refractivity contribution in [2.45, 2.75) is 29.9 Å². The molecule has 0 saturated carbocycles. The summed E-state index contributed by atoms with van der Waals surface area (Å²) in [7, 11) is 1.84. The van der Waals surface area contributed by atoms with Gasteiger partial charge in [-0.1, -0.05) is 13.0 Å². The van der Waals surface area contributed by atoms with Gasteiger partial charge in [-0.05, 0) is 42.9 Å². The molecule has 0 saturated heterocycles. The molecule has 1 atom stereocenters. The summed E-state index contributed by atoms with van der Waals surface area (Å²) >= 11 is 1.28. The molecule has 19 heavy (non-hydrogen) atoms. The molecule has 1 aromatic carbocycles. The van der Waals surface area contributed by atoms with Crippen LogP contribution in [0.25, 0.3) is 0 Å². The Morgan fingerprint density at radius 2 is 2.26 bits per heavy atom. The smallest absolute Gasteiger partial charge is 0.195 e. The normalized spacial score (nSPS) is 12.6. The number of aromatic nitrogens is 3. The van der Waals surface area contributed by atoms with Crippen LogP contribution in [0.5, 0.6) is 0 Å². The number of benzene rings is 1. The summed E-state index contributed by atoms with van der Waals surface area (Å²) in [4.78, 5) is 0.559. The van der Waals surface area contributed by atoms with Crippen molar-refractivity contribution in [2.75, 3.05) is 6.54 Å². The quantitative estimate of drug-likeness (QED) is 0.914. The van der Waals surface area contributed by atoms with Gasteiger partial charge in [-0.25, -0.2) is 4.39 Å². The van der Waals surface area contributed by atoms with E-state index in [-0.39, 0.29) is 11.9 Å². The predicted molar refractivity (Wildman–Crippen MR) is 73.6 cm³/mol. The highest BCUT2D eigenvalue weighted by Gasteiger charge is 2.11. The van der Waals surface area contributed by atoms with Gasteiger partial charge in [0.2, 0.25) is 0 Å². The van der Waals surface area contributed by atoms with Gasteiger partial charge in [-0.2, -0.15) is 0 Å². The lowest BCUT2D eigenvalue weighted by Crippen LogP contribution is -2.17. The number of nitrogens with zero attached hydrogens (tertiary/aromatic N) is 3. The fraction of sp³-hybridized carbons (Fsp3) is 0.385. The van der Waals surface area contributed by atoms with Crippen molar-refractivity contribution in [3.63, 3.8) is 0 Å². The Morgan fingerprint density at radius 3 is 2.84 bits per heavy atom. The summed E-state index contributed by atoms with van der Waals surface area (Å²) in [5.74, 6) is -0.227. The van der Waals surface area contributed by atoms with Crippen LogP contribution in [0.15, 0.2) is 34.6 Å². The zero-order valence-corrected chi connectivity index (χ0v) is 12.0. The van der Waals surface area contributed by atoms with Crippen molar-refractivity contribution in [1.29, 1.82) is 0 Å². The van der Waals surface area contributed by atoms with Crippen LogP contribution in [0.4, 0.5) is 4.39 Å². The first-order valence-electron chi connectivity index (χ1n) is 6.16. The van der Waals surface area contributed by atoms with Gasteiger partial charge in [-0.15, -0.1) is 10.2 Å². The molecule has 0 aliphatic carbocycles. The Hall–Kier alpha value is -1.40. The molecule has 0 spiro atoms. The van der Waals surface area contributed by atoms with E-state index in [0.717, 1.165) is 12.1 Å². The fourth-order valence-corrected chi connectivity index (χ4v) is 2.52. The van der Waals surface area contributed by atoms with E-state index in [0.29, 0.717) is 10.1 Å². The average Bonchev–Trinajstić information content (AvgIpc) is 2.78.